The van der Waals surface area contributed by atoms with Gasteiger partial charge in [0.1, 0.15) is 5.82 Å². The smallest absolute Gasteiger partial charge is 0.229 e. The second-order valence-corrected chi connectivity index (χ2v) is 9.12. The third-order valence-corrected chi connectivity index (χ3v) is 6.90. The highest BCUT2D eigenvalue weighted by Crippen LogP contribution is 2.43. The number of hydrogen-bond acceptors (Lipinski definition) is 8. The first-order chi connectivity index (χ1) is 14.5. The monoisotopic (exact) mass is 408 g/mol. The van der Waals surface area contributed by atoms with Crippen LogP contribution in [0.1, 0.15) is 24.8 Å². The van der Waals surface area contributed by atoms with E-state index in [1.54, 1.807) is 10.9 Å². The van der Waals surface area contributed by atoms with E-state index in [2.05, 4.69) is 31.3 Å². The van der Waals surface area contributed by atoms with Crippen LogP contribution in [0, 0.1) is 23.7 Å². The molecule has 30 heavy (non-hydrogen) atoms. The highest BCUT2D eigenvalue weighted by Gasteiger charge is 2.51. The van der Waals surface area contributed by atoms with E-state index in [-0.39, 0.29) is 5.54 Å². The van der Waals surface area contributed by atoms with Crippen LogP contribution in [-0.2, 0) is 11.8 Å². The molecule has 0 amide bonds. The van der Waals surface area contributed by atoms with Gasteiger partial charge >= 0.3 is 0 Å². The molecule has 158 valence electrons. The molecule has 0 bridgehead atoms. The van der Waals surface area contributed by atoms with Crippen LogP contribution in [0.5, 0.6) is 0 Å². The minimum atomic E-state index is -0.0741. The molecule has 0 unspecified atom stereocenters. The summed E-state index contributed by atoms with van der Waals surface area (Å²) in [6.45, 7) is 7.61. The number of aromatic nitrogens is 4. The summed E-state index contributed by atoms with van der Waals surface area (Å²) in [5.41, 5.74) is 2.23. The Kier molecular flexibility index (Phi) is 4.64. The molecule has 2 aromatic rings. The summed E-state index contributed by atoms with van der Waals surface area (Å²) in [4.78, 5) is 14.0. The zero-order valence-corrected chi connectivity index (χ0v) is 17.6. The van der Waals surface area contributed by atoms with Gasteiger partial charge in [0.15, 0.2) is 0 Å². The number of rotatable bonds is 5. The van der Waals surface area contributed by atoms with Gasteiger partial charge in [0, 0.05) is 43.5 Å². The van der Waals surface area contributed by atoms with Gasteiger partial charge in [-0.05, 0) is 32.9 Å². The van der Waals surface area contributed by atoms with Crippen LogP contribution in [0.15, 0.2) is 18.6 Å². The SMILES string of the molecule is Cc1cnc(Nc2cnn(C)c2)nc1N1CC(CC#N)(N2CCC3(CC2)COC3)C1. The minimum absolute atomic E-state index is 0.0741. The van der Waals surface area contributed by atoms with Crippen molar-refractivity contribution in [2.75, 3.05) is 49.6 Å². The normalized spacial score (nSPS) is 22.2. The molecule has 0 radical (unpaired) electrons. The van der Waals surface area contributed by atoms with Gasteiger partial charge in [-0.15, -0.1) is 0 Å². The topological polar surface area (TPSA) is 95.1 Å². The van der Waals surface area contributed by atoms with Crippen LogP contribution >= 0.6 is 0 Å². The summed E-state index contributed by atoms with van der Waals surface area (Å²) in [6.07, 6.45) is 8.39. The van der Waals surface area contributed by atoms with Crippen molar-refractivity contribution in [3.8, 4) is 6.07 Å². The van der Waals surface area contributed by atoms with Crippen molar-refractivity contribution >= 4 is 17.5 Å². The molecule has 0 saturated carbocycles. The Hall–Kier alpha value is -2.70. The fraction of sp³-hybridized carbons (Fsp3) is 0.619. The lowest BCUT2D eigenvalue weighted by Gasteiger charge is -2.59. The maximum Gasteiger partial charge on any atom is 0.229 e. The van der Waals surface area contributed by atoms with Crippen molar-refractivity contribution in [3.05, 3.63) is 24.2 Å². The number of nitrogens with zero attached hydrogens (tertiary/aromatic N) is 7. The van der Waals surface area contributed by atoms with Crippen LogP contribution in [0.4, 0.5) is 17.5 Å². The third kappa shape index (κ3) is 3.30. The standard InChI is InChI=1S/C21H28N8O/c1-16-9-23-19(25-17-10-24-27(2)11-17)26-18(16)28-12-21(13-28,3-6-22)29-7-4-20(5-8-29)14-30-15-20/h9-11H,3-5,7-8,12-15H2,1-2H3,(H,23,25,26). The van der Waals surface area contributed by atoms with Crippen molar-refractivity contribution in [1.29, 1.82) is 5.26 Å². The number of likely N-dealkylation sites (tertiary alicyclic amines) is 1. The minimum Gasteiger partial charge on any atom is -0.380 e. The quantitative estimate of drug-likeness (QED) is 0.801. The first kappa shape index (κ1) is 19.3. The van der Waals surface area contributed by atoms with Crippen LogP contribution < -0.4 is 10.2 Å². The fourth-order valence-electron chi connectivity index (χ4n) is 4.95. The number of aryl methyl sites for hydroxylation is 2. The molecule has 0 aliphatic carbocycles. The first-order valence-electron chi connectivity index (χ1n) is 10.6. The van der Waals surface area contributed by atoms with Gasteiger partial charge in [0.2, 0.25) is 5.95 Å². The largest absolute Gasteiger partial charge is 0.380 e. The molecule has 3 fully saturated rings. The molecular formula is C21H28N8O. The maximum absolute atomic E-state index is 9.52. The first-order valence-corrected chi connectivity index (χ1v) is 10.6. The number of ether oxygens (including phenoxy) is 1. The average molecular weight is 409 g/mol. The van der Waals surface area contributed by atoms with Crippen LogP contribution in [0.2, 0.25) is 0 Å². The molecule has 9 heteroatoms. The molecule has 5 heterocycles. The fourth-order valence-corrected chi connectivity index (χ4v) is 4.95. The lowest BCUT2D eigenvalue weighted by molar-refractivity contribution is -0.150. The molecule has 0 atom stereocenters. The van der Waals surface area contributed by atoms with Crippen molar-refractivity contribution in [1.82, 2.24) is 24.6 Å². The molecule has 1 N–H and O–H groups in total. The van der Waals surface area contributed by atoms with E-state index in [4.69, 9.17) is 9.72 Å². The summed E-state index contributed by atoms with van der Waals surface area (Å²) in [7, 11) is 1.88. The Bertz CT molecular complexity index is 960. The van der Waals surface area contributed by atoms with Gasteiger partial charge < -0.3 is 15.0 Å². The summed E-state index contributed by atoms with van der Waals surface area (Å²) in [5, 5.41) is 16.9. The highest BCUT2D eigenvalue weighted by atomic mass is 16.5. The Morgan fingerprint density at radius 2 is 2.00 bits per heavy atom. The zero-order valence-electron chi connectivity index (χ0n) is 17.6. The second kappa shape index (κ2) is 7.22. The lowest BCUT2D eigenvalue weighted by Crippen LogP contribution is -2.72. The van der Waals surface area contributed by atoms with E-state index >= 15 is 0 Å². The average Bonchev–Trinajstić information content (AvgIpc) is 3.10. The van der Waals surface area contributed by atoms with Crippen molar-refractivity contribution in [3.63, 3.8) is 0 Å². The number of piperidine rings is 1. The van der Waals surface area contributed by atoms with Crippen molar-refractivity contribution < 1.29 is 4.74 Å². The maximum atomic E-state index is 9.52. The van der Waals surface area contributed by atoms with Gasteiger partial charge in [0.05, 0.1) is 43.1 Å². The van der Waals surface area contributed by atoms with Gasteiger partial charge in [-0.25, -0.2) is 4.98 Å². The number of nitrogens with one attached hydrogen (secondary N) is 1. The van der Waals surface area contributed by atoms with Crippen LogP contribution in [0.3, 0.4) is 0 Å². The molecular weight excluding hydrogens is 380 g/mol. The number of hydrogen-bond donors (Lipinski definition) is 1. The van der Waals surface area contributed by atoms with Gasteiger partial charge in [-0.1, -0.05) is 0 Å². The predicted octanol–water partition coefficient (Wildman–Crippen LogP) is 1.85. The summed E-state index contributed by atoms with van der Waals surface area (Å²) >= 11 is 0. The number of nitriles is 1. The summed E-state index contributed by atoms with van der Waals surface area (Å²) in [6, 6.07) is 2.44. The Morgan fingerprint density at radius 3 is 2.60 bits per heavy atom. The molecule has 0 aromatic carbocycles. The van der Waals surface area contributed by atoms with E-state index in [0.717, 1.165) is 56.5 Å². The third-order valence-electron chi connectivity index (χ3n) is 6.90. The van der Waals surface area contributed by atoms with Crippen molar-refractivity contribution in [2.24, 2.45) is 12.5 Å². The number of anilines is 3. The zero-order chi connectivity index (χ0) is 20.8. The molecule has 9 nitrogen and oxygen atoms in total. The van der Waals surface area contributed by atoms with Gasteiger partial charge in [-0.2, -0.15) is 15.3 Å². The van der Waals surface area contributed by atoms with Crippen LogP contribution in [-0.4, -0.2) is 69.6 Å². The molecule has 3 aliphatic rings. The van der Waals surface area contributed by atoms with Crippen LogP contribution in [0.25, 0.3) is 0 Å². The lowest BCUT2D eigenvalue weighted by atomic mass is 9.74. The van der Waals surface area contributed by atoms with E-state index in [9.17, 15) is 5.26 Å². The van der Waals surface area contributed by atoms with E-state index in [1.807, 2.05) is 26.4 Å². The Labute approximate surface area is 176 Å². The molecule has 2 aromatic heterocycles. The summed E-state index contributed by atoms with van der Waals surface area (Å²) < 4.78 is 7.20. The van der Waals surface area contributed by atoms with E-state index in [0.29, 0.717) is 17.8 Å². The van der Waals surface area contributed by atoms with Gasteiger partial charge in [-0.3, -0.25) is 9.58 Å². The predicted molar refractivity (Wildman–Crippen MR) is 112 cm³/mol. The van der Waals surface area contributed by atoms with E-state index in [1.165, 1.54) is 12.8 Å². The Morgan fingerprint density at radius 1 is 1.23 bits per heavy atom. The second-order valence-electron chi connectivity index (χ2n) is 9.12. The highest BCUT2D eigenvalue weighted by molar-refractivity contribution is 5.57. The van der Waals surface area contributed by atoms with Gasteiger partial charge in [0.25, 0.3) is 0 Å². The van der Waals surface area contributed by atoms with Crippen molar-refractivity contribution in [2.45, 2.75) is 31.7 Å². The van der Waals surface area contributed by atoms with E-state index < -0.39 is 0 Å². The Balaban J connectivity index is 1.29. The molecule has 3 aliphatic heterocycles. The summed E-state index contributed by atoms with van der Waals surface area (Å²) in [5.74, 6) is 1.50. The molecule has 1 spiro atoms. The molecule has 3 saturated heterocycles. The molecule has 5 rings (SSSR count).